The van der Waals surface area contributed by atoms with Crippen LogP contribution in [0.2, 0.25) is 0 Å². The van der Waals surface area contributed by atoms with Gasteiger partial charge in [0.2, 0.25) is 5.91 Å². The summed E-state index contributed by atoms with van der Waals surface area (Å²) in [5, 5.41) is 11.9. The van der Waals surface area contributed by atoms with Gasteiger partial charge in [0.1, 0.15) is 0 Å². The van der Waals surface area contributed by atoms with E-state index >= 15 is 0 Å². The topological polar surface area (TPSA) is 58.1 Å². The molecule has 1 amide bonds. The Bertz CT molecular complexity index is 949. The Balaban J connectivity index is 1.42. The Hall–Kier alpha value is -3.21. The van der Waals surface area contributed by atoms with E-state index < -0.39 is 0 Å². The molecule has 2 aromatic carbocycles. The molecule has 3 aromatic rings. The molecule has 0 bridgehead atoms. The molecule has 0 radical (unpaired) electrons. The number of carbonyl (C=O) groups is 1. The molecule has 1 N–H and O–H groups in total. The summed E-state index contributed by atoms with van der Waals surface area (Å²) in [6.07, 6.45) is 4.50. The number of nitrogens with zero attached hydrogens (tertiary/aromatic N) is 3. The molecule has 5 nitrogen and oxygen atoms in total. The predicted octanol–water partition coefficient (Wildman–Crippen LogP) is 5.27. The average Bonchev–Trinajstić information content (AvgIpc) is 2.81. The van der Waals surface area contributed by atoms with Crippen molar-refractivity contribution < 1.29 is 4.79 Å². The molecule has 2 heterocycles. The summed E-state index contributed by atoms with van der Waals surface area (Å²) in [7, 11) is 0. The minimum absolute atomic E-state index is 0.0159. The molecule has 5 heteroatoms. The molecule has 154 valence electrons. The molecule has 1 aliphatic rings. The van der Waals surface area contributed by atoms with E-state index in [9.17, 15) is 4.79 Å². The van der Waals surface area contributed by atoms with Gasteiger partial charge in [0.05, 0.1) is 11.6 Å². The third kappa shape index (κ3) is 4.67. The molecule has 1 unspecified atom stereocenters. The summed E-state index contributed by atoms with van der Waals surface area (Å²) in [6.45, 7) is 4.15. The van der Waals surface area contributed by atoms with Crippen LogP contribution < -0.4 is 10.2 Å². The van der Waals surface area contributed by atoms with Crippen LogP contribution in [0, 0.1) is 0 Å². The van der Waals surface area contributed by atoms with E-state index in [0.29, 0.717) is 0 Å². The second-order valence-corrected chi connectivity index (χ2v) is 7.76. The highest BCUT2D eigenvalue weighted by molar-refractivity contribution is 5.96. The first-order valence-electron chi connectivity index (χ1n) is 10.8. The fourth-order valence-electron chi connectivity index (χ4n) is 3.98. The Labute approximate surface area is 178 Å². The summed E-state index contributed by atoms with van der Waals surface area (Å²) in [5.41, 5.74) is 3.65. The first kappa shape index (κ1) is 20.1. The van der Waals surface area contributed by atoms with Crippen molar-refractivity contribution in [2.24, 2.45) is 0 Å². The van der Waals surface area contributed by atoms with Gasteiger partial charge in [-0.15, -0.1) is 10.2 Å². The Kier molecular flexibility index (Phi) is 6.38. The fraction of sp³-hybridized carbons (Fsp3) is 0.320. The van der Waals surface area contributed by atoms with Crippen molar-refractivity contribution in [1.29, 1.82) is 0 Å². The molecule has 4 rings (SSSR count). The number of nitrogens with one attached hydrogen (secondary N) is 1. The molecular weight excluding hydrogens is 372 g/mol. The lowest BCUT2D eigenvalue weighted by Crippen LogP contribution is -2.30. The van der Waals surface area contributed by atoms with Crippen molar-refractivity contribution in [3.05, 3.63) is 72.3 Å². The van der Waals surface area contributed by atoms with Crippen LogP contribution in [-0.4, -0.2) is 29.2 Å². The van der Waals surface area contributed by atoms with Crippen LogP contribution in [0.3, 0.4) is 0 Å². The second-order valence-electron chi connectivity index (χ2n) is 7.76. The highest BCUT2D eigenvalue weighted by Gasteiger charge is 2.18. The van der Waals surface area contributed by atoms with E-state index in [1.165, 1.54) is 19.3 Å². The zero-order valence-corrected chi connectivity index (χ0v) is 17.4. The van der Waals surface area contributed by atoms with E-state index in [-0.39, 0.29) is 11.8 Å². The van der Waals surface area contributed by atoms with Gasteiger partial charge in [-0.2, -0.15) is 0 Å². The maximum Gasteiger partial charge on any atom is 0.231 e. The summed E-state index contributed by atoms with van der Waals surface area (Å²) >= 11 is 0. The summed E-state index contributed by atoms with van der Waals surface area (Å²) in [4.78, 5) is 15.1. The average molecular weight is 401 g/mol. The van der Waals surface area contributed by atoms with Gasteiger partial charge in [-0.1, -0.05) is 49.4 Å². The summed E-state index contributed by atoms with van der Waals surface area (Å²) < 4.78 is 0. The van der Waals surface area contributed by atoms with Gasteiger partial charge < -0.3 is 10.2 Å². The van der Waals surface area contributed by atoms with Crippen molar-refractivity contribution >= 4 is 17.4 Å². The summed E-state index contributed by atoms with van der Waals surface area (Å²) in [5.74, 6) is 0.815. The Morgan fingerprint density at radius 3 is 2.30 bits per heavy atom. The zero-order valence-electron chi connectivity index (χ0n) is 17.4. The van der Waals surface area contributed by atoms with Crippen molar-refractivity contribution in [2.45, 2.75) is 38.5 Å². The standard InChI is InChI=1S/C25H28N4O/c1-2-22(19-9-5-3-6-10-19)25(30)26-21-13-11-20(12-14-21)23-15-16-24(28-27-23)29-17-7-4-8-18-29/h3,5-6,9-16,22H,2,4,7-8,17-18H2,1H3,(H,26,30). The predicted molar refractivity (Wildman–Crippen MR) is 122 cm³/mol. The highest BCUT2D eigenvalue weighted by atomic mass is 16.1. The molecule has 0 aliphatic carbocycles. The third-order valence-corrected chi connectivity index (χ3v) is 5.71. The number of benzene rings is 2. The highest BCUT2D eigenvalue weighted by Crippen LogP contribution is 2.24. The van der Waals surface area contributed by atoms with Gasteiger partial charge in [-0.25, -0.2) is 0 Å². The van der Waals surface area contributed by atoms with Gasteiger partial charge in [0.25, 0.3) is 0 Å². The molecule has 1 fully saturated rings. The number of hydrogen-bond donors (Lipinski definition) is 1. The van der Waals surface area contributed by atoms with E-state index in [0.717, 1.165) is 47.8 Å². The van der Waals surface area contributed by atoms with E-state index in [1.807, 2.05) is 67.6 Å². The Morgan fingerprint density at radius 2 is 1.67 bits per heavy atom. The monoisotopic (exact) mass is 400 g/mol. The van der Waals surface area contributed by atoms with E-state index in [1.54, 1.807) is 0 Å². The van der Waals surface area contributed by atoms with Crippen LogP contribution in [0.5, 0.6) is 0 Å². The molecule has 1 aromatic heterocycles. The normalized spacial score (nSPS) is 14.9. The number of carbonyl (C=O) groups excluding carboxylic acids is 1. The largest absolute Gasteiger partial charge is 0.355 e. The molecule has 30 heavy (non-hydrogen) atoms. The van der Waals surface area contributed by atoms with Crippen LogP contribution >= 0.6 is 0 Å². The first-order valence-corrected chi connectivity index (χ1v) is 10.8. The van der Waals surface area contributed by atoms with Gasteiger partial charge in [-0.05, 0) is 55.5 Å². The lowest BCUT2D eigenvalue weighted by Gasteiger charge is -2.27. The number of amides is 1. The fourth-order valence-corrected chi connectivity index (χ4v) is 3.98. The van der Waals surface area contributed by atoms with Crippen LogP contribution in [0.4, 0.5) is 11.5 Å². The van der Waals surface area contributed by atoms with Crippen LogP contribution in [-0.2, 0) is 4.79 Å². The first-order chi connectivity index (χ1) is 14.7. The van der Waals surface area contributed by atoms with Crippen molar-refractivity contribution in [3.8, 4) is 11.3 Å². The van der Waals surface area contributed by atoms with Crippen LogP contribution in [0.1, 0.15) is 44.1 Å². The van der Waals surface area contributed by atoms with Crippen LogP contribution in [0.15, 0.2) is 66.7 Å². The van der Waals surface area contributed by atoms with Gasteiger partial charge in [0.15, 0.2) is 5.82 Å². The molecule has 0 spiro atoms. The molecule has 1 atom stereocenters. The zero-order chi connectivity index (χ0) is 20.8. The number of rotatable bonds is 6. The number of hydrogen-bond acceptors (Lipinski definition) is 4. The molecule has 0 saturated carbocycles. The second kappa shape index (κ2) is 9.53. The van der Waals surface area contributed by atoms with Gasteiger partial charge in [-0.3, -0.25) is 4.79 Å². The SMILES string of the molecule is CCC(C(=O)Nc1ccc(-c2ccc(N3CCCCC3)nn2)cc1)c1ccccc1. The minimum Gasteiger partial charge on any atom is -0.355 e. The quantitative estimate of drug-likeness (QED) is 0.613. The number of anilines is 2. The third-order valence-electron chi connectivity index (χ3n) is 5.71. The molecular formula is C25H28N4O. The van der Waals surface area contributed by atoms with Crippen molar-refractivity contribution in [3.63, 3.8) is 0 Å². The smallest absolute Gasteiger partial charge is 0.231 e. The van der Waals surface area contributed by atoms with Crippen LogP contribution in [0.25, 0.3) is 11.3 Å². The summed E-state index contributed by atoms with van der Waals surface area (Å²) in [6, 6.07) is 21.8. The van der Waals surface area contributed by atoms with Crippen molar-refractivity contribution in [1.82, 2.24) is 10.2 Å². The minimum atomic E-state index is -0.154. The maximum atomic E-state index is 12.7. The van der Waals surface area contributed by atoms with Crippen molar-refractivity contribution in [2.75, 3.05) is 23.3 Å². The van der Waals surface area contributed by atoms with E-state index in [2.05, 4.69) is 26.5 Å². The number of aromatic nitrogens is 2. The Morgan fingerprint density at radius 1 is 0.933 bits per heavy atom. The lowest BCUT2D eigenvalue weighted by molar-refractivity contribution is -0.117. The number of piperidine rings is 1. The van der Waals surface area contributed by atoms with Gasteiger partial charge in [0, 0.05) is 24.3 Å². The van der Waals surface area contributed by atoms with Gasteiger partial charge >= 0.3 is 0 Å². The maximum absolute atomic E-state index is 12.7. The molecule has 1 saturated heterocycles. The van der Waals surface area contributed by atoms with E-state index in [4.69, 9.17) is 0 Å². The lowest BCUT2D eigenvalue weighted by atomic mass is 9.95. The molecule has 1 aliphatic heterocycles.